The summed E-state index contributed by atoms with van der Waals surface area (Å²) in [7, 11) is 0. The minimum Gasteiger partial charge on any atom is -0.380 e. The Bertz CT molecular complexity index is 302. The molecular weight excluding hydrogens is 226 g/mol. The van der Waals surface area contributed by atoms with Crippen LogP contribution in [0.2, 0.25) is 0 Å². The molecule has 1 saturated carbocycles. The van der Waals surface area contributed by atoms with Gasteiger partial charge in [0.05, 0.1) is 13.2 Å². The summed E-state index contributed by atoms with van der Waals surface area (Å²) in [5.41, 5.74) is 0.0996. The van der Waals surface area contributed by atoms with Crippen LogP contribution in [-0.4, -0.2) is 25.7 Å². The standard InChI is InChI=1S/C15H27NO2/c1-12(2)8-15(6-4-5-7-15)13(17)16-9-14(3)10-18-11-14/h12H,4-11H2,1-3H3,(H,16,17). The van der Waals surface area contributed by atoms with Crippen LogP contribution < -0.4 is 5.32 Å². The molecule has 1 aliphatic heterocycles. The van der Waals surface area contributed by atoms with Gasteiger partial charge in [0.2, 0.25) is 5.91 Å². The Morgan fingerprint density at radius 2 is 1.89 bits per heavy atom. The summed E-state index contributed by atoms with van der Waals surface area (Å²) in [5, 5.41) is 3.19. The molecule has 0 aromatic carbocycles. The fraction of sp³-hybridized carbons (Fsp3) is 0.933. The normalized spacial score (nSPS) is 24.9. The molecule has 1 aliphatic carbocycles. The van der Waals surface area contributed by atoms with Gasteiger partial charge in [-0.3, -0.25) is 4.79 Å². The molecule has 0 unspecified atom stereocenters. The lowest BCUT2D eigenvalue weighted by atomic mass is 9.77. The third-order valence-electron chi connectivity index (χ3n) is 4.42. The van der Waals surface area contributed by atoms with Crippen molar-refractivity contribution in [1.29, 1.82) is 0 Å². The van der Waals surface area contributed by atoms with Gasteiger partial charge in [0.25, 0.3) is 0 Å². The zero-order valence-electron chi connectivity index (χ0n) is 12.1. The molecule has 0 aromatic rings. The van der Waals surface area contributed by atoms with E-state index in [9.17, 15) is 4.79 Å². The first-order chi connectivity index (χ1) is 8.46. The fourth-order valence-corrected chi connectivity index (χ4v) is 3.39. The Balaban J connectivity index is 1.91. The zero-order chi connectivity index (χ0) is 13.2. The van der Waals surface area contributed by atoms with Crippen LogP contribution in [-0.2, 0) is 9.53 Å². The SMILES string of the molecule is CC(C)CC1(C(=O)NCC2(C)COC2)CCCC1. The lowest BCUT2D eigenvalue weighted by molar-refractivity contribution is -0.136. The molecule has 3 nitrogen and oxygen atoms in total. The maximum Gasteiger partial charge on any atom is 0.226 e. The van der Waals surface area contributed by atoms with E-state index in [1.54, 1.807) is 0 Å². The minimum atomic E-state index is -0.0743. The van der Waals surface area contributed by atoms with Crippen LogP contribution in [0.5, 0.6) is 0 Å². The Hall–Kier alpha value is -0.570. The highest BCUT2D eigenvalue weighted by Crippen LogP contribution is 2.43. The van der Waals surface area contributed by atoms with Gasteiger partial charge in [0.15, 0.2) is 0 Å². The summed E-state index contributed by atoms with van der Waals surface area (Å²) in [6.07, 6.45) is 5.60. The molecule has 1 saturated heterocycles. The van der Waals surface area contributed by atoms with E-state index in [1.165, 1.54) is 12.8 Å². The van der Waals surface area contributed by atoms with Crippen molar-refractivity contribution in [1.82, 2.24) is 5.32 Å². The molecule has 2 rings (SSSR count). The zero-order valence-corrected chi connectivity index (χ0v) is 12.1. The van der Waals surface area contributed by atoms with Crippen LogP contribution in [0, 0.1) is 16.7 Å². The Labute approximate surface area is 111 Å². The van der Waals surface area contributed by atoms with Crippen molar-refractivity contribution in [2.45, 2.75) is 52.9 Å². The predicted molar refractivity (Wildman–Crippen MR) is 72.3 cm³/mol. The van der Waals surface area contributed by atoms with E-state index in [0.29, 0.717) is 11.8 Å². The molecule has 0 radical (unpaired) electrons. The van der Waals surface area contributed by atoms with Crippen LogP contribution in [0.4, 0.5) is 0 Å². The second-order valence-electron chi connectivity index (χ2n) is 7.07. The second kappa shape index (κ2) is 5.20. The number of hydrogen-bond donors (Lipinski definition) is 1. The third kappa shape index (κ3) is 2.87. The van der Waals surface area contributed by atoms with E-state index in [4.69, 9.17) is 4.74 Å². The smallest absolute Gasteiger partial charge is 0.226 e. The largest absolute Gasteiger partial charge is 0.380 e. The highest BCUT2D eigenvalue weighted by atomic mass is 16.5. The van der Waals surface area contributed by atoms with E-state index >= 15 is 0 Å². The van der Waals surface area contributed by atoms with E-state index in [0.717, 1.165) is 39.0 Å². The van der Waals surface area contributed by atoms with Crippen molar-refractivity contribution < 1.29 is 9.53 Å². The fourth-order valence-electron chi connectivity index (χ4n) is 3.39. The Morgan fingerprint density at radius 1 is 1.28 bits per heavy atom. The van der Waals surface area contributed by atoms with Crippen LogP contribution in [0.3, 0.4) is 0 Å². The first kappa shape index (κ1) is 13.9. The molecule has 0 aromatic heterocycles. The first-order valence-corrected chi connectivity index (χ1v) is 7.32. The highest BCUT2D eigenvalue weighted by Gasteiger charge is 2.42. The van der Waals surface area contributed by atoms with Gasteiger partial charge in [-0.05, 0) is 25.2 Å². The van der Waals surface area contributed by atoms with Gasteiger partial charge in [-0.2, -0.15) is 0 Å². The molecule has 3 heteroatoms. The molecule has 1 heterocycles. The average molecular weight is 253 g/mol. The van der Waals surface area contributed by atoms with Crippen molar-refractivity contribution in [3.8, 4) is 0 Å². The number of nitrogens with one attached hydrogen (secondary N) is 1. The van der Waals surface area contributed by atoms with Gasteiger partial charge in [0, 0.05) is 17.4 Å². The summed E-state index contributed by atoms with van der Waals surface area (Å²) in [6.45, 7) is 8.95. The van der Waals surface area contributed by atoms with Crippen molar-refractivity contribution in [2.75, 3.05) is 19.8 Å². The molecule has 0 spiro atoms. The number of ether oxygens (including phenoxy) is 1. The Morgan fingerprint density at radius 3 is 2.33 bits per heavy atom. The topological polar surface area (TPSA) is 38.3 Å². The van der Waals surface area contributed by atoms with Crippen molar-refractivity contribution >= 4 is 5.91 Å². The number of carbonyl (C=O) groups is 1. The molecule has 0 bridgehead atoms. The second-order valence-corrected chi connectivity index (χ2v) is 7.07. The molecule has 1 amide bonds. The van der Waals surface area contributed by atoms with Crippen LogP contribution >= 0.6 is 0 Å². The number of hydrogen-bond acceptors (Lipinski definition) is 2. The summed E-state index contributed by atoms with van der Waals surface area (Å²) in [5.74, 6) is 0.887. The van der Waals surface area contributed by atoms with E-state index in [-0.39, 0.29) is 10.8 Å². The number of rotatable bonds is 5. The molecular formula is C15H27NO2. The third-order valence-corrected chi connectivity index (χ3v) is 4.42. The minimum absolute atomic E-state index is 0.0743. The summed E-state index contributed by atoms with van der Waals surface area (Å²) < 4.78 is 5.23. The monoisotopic (exact) mass is 253 g/mol. The van der Waals surface area contributed by atoms with Crippen LogP contribution in [0.25, 0.3) is 0 Å². The predicted octanol–water partition coefficient (Wildman–Crippen LogP) is 2.75. The van der Waals surface area contributed by atoms with E-state index in [2.05, 4.69) is 26.1 Å². The average Bonchev–Trinajstić information content (AvgIpc) is 2.72. The molecule has 2 aliphatic rings. The van der Waals surface area contributed by atoms with Gasteiger partial charge in [-0.25, -0.2) is 0 Å². The lowest BCUT2D eigenvalue weighted by Gasteiger charge is -2.39. The van der Waals surface area contributed by atoms with Crippen molar-refractivity contribution in [3.63, 3.8) is 0 Å². The van der Waals surface area contributed by atoms with E-state index in [1.807, 2.05) is 0 Å². The van der Waals surface area contributed by atoms with Gasteiger partial charge in [0.1, 0.15) is 0 Å². The van der Waals surface area contributed by atoms with E-state index < -0.39 is 0 Å². The molecule has 104 valence electrons. The molecule has 0 atom stereocenters. The molecule has 2 fully saturated rings. The molecule has 18 heavy (non-hydrogen) atoms. The number of amides is 1. The highest BCUT2D eigenvalue weighted by molar-refractivity contribution is 5.83. The lowest BCUT2D eigenvalue weighted by Crippen LogP contribution is -2.51. The van der Waals surface area contributed by atoms with Crippen LogP contribution in [0.15, 0.2) is 0 Å². The molecule has 1 N–H and O–H groups in total. The Kier molecular flexibility index (Phi) is 4.00. The maximum absolute atomic E-state index is 12.5. The quantitative estimate of drug-likeness (QED) is 0.818. The van der Waals surface area contributed by atoms with Gasteiger partial charge < -0.3 is 10.1 Å². The van der Waals surface area contributed by atoms with Crippen molar-refractivity contribution in [2.24, 2.45) is 16.7 Å². The van der Waals surface area contributed by atoms with Gasteiger partial charge >= 0.3 is 0 Å². The van der Waals surface area contributed by atoms with Gasteiger partial charge in [-0.1, -0.05) is 33.6 Å². The maximum atomic E-state index is 12.5. The summed E-state index contributed by atoms with van der Waals surface area (Å²) in [4.78, 5) is 12.5. The summed E-state index contributed by atoms with van der Waals surface area (Å²) in [6, 6.07) is 0. The van der Waals surface area contributed by atoms with Gasteiger partial charge in [-0.15, -0.1) is 0 Å². The summed E-state index contributed by atoms with van der Waals surface area (Å²) >= 11 is 0. The number of carbonyl (C=O) groups excluding carboxylic acids is 1. The first-order valence-electron chi connectivity index (χ1n) is 7.32. The van der Waals surface area contributed by atoms with Crippen LogP contribution in [0.1, 0.15) is 52.9 Å². The van der Waals surface area contributed by atoms with Crippen molar-refractivity contribution in [3.05, 3.63) is 0 Å².